The van der Waals surface area contributed by atoms with Crippen LogP contribution in [-0.4, -0.2) is 28.0 Å². The molecule has 0 aliphatic carbocycles. The van der Waals surface area contributed by atoms with Gasteiger partial charge < -0.3 is 10.9 Å². The second-order valence-corrected chi connectivity index (χ2v) is 5.93. The van der Waals surface area contributed by atoms with Crippen LogP contribution in [0, 0.1) is 6.92 Å². The molecule has 0 amide bonds. The van der Waals surface area contributed by atoms with Crippen molar-refractivity contribution in [1.29, 1.82) is 0 Å². The summed E-state index contributed by atoms with van der Waals surface area (Å²) in [5.74, 6) is 0.166. The van der Waals surface area contributed by atoms with Crippen LogP contribution in [-0.2, 0) is 6.54 Å². The summed E-state index contributed by atoms with van der Waals surface area (Å²) < 4.78 is 0. The summed E-state index contributed by atoms with van der Waals surface area (Å²) >= 11 is 0. The van der Waals surface area contributed by atoms with Crippen LogP contribution in [0.1, 0.15) is 49.8 Å². The number of aryl methyl sites for hydroxylation is 1. The molecule has 0 unspecified atom stereocenters. The average molecular weight is 275 g/mol. The number of hydrogen-bond acceptors (Lipinski definition) is 3. The zero-order valence-corrected chi connectivity index (χ0v) is 12.6. The quantitative estimate of drug-likeness (QED) is 0.386. The highest BCUT2D eigenvalue weighted by Gasteiger charge is 2.24. The molecule has 0 aromatic heterocycles. The fraction of sp³-hybridized carbons (Fsp3) is 0.562. The van der Waals surface area contributed by atoms with E-state index < -0.39 is 0 Å². The molecule has 4 heteroatoms. The number of piperidine rings is 1. The van der Waals surface area contributed by atoms with E-state index >= 15 is 0 Å². The first-order valence-corrected chi connectivity index (χ1v) is 7.36. The fourth-order valence-corrected chi connectivity index (χ4v) is 3.07. The van der Waals surface area contributed by atoms with Gasteiger partial charge in [0.05, 0.1) is 0 Å². The van der Waals surface area contributed by atoms with Gasteiger partial charge in [0, 0.05) is 24.2 Å². The van der Waals surface area contributed by atoms with Gasteiger partial charge in [-0.1, -0.05) is 23.7 Å². The van der Waals surface area contributed by atoms with Gasteiger partial charge in [0.2, 0.25) is 0 Å². The second kappa shape index (κ2) is 6.27. The van der Waals surface area contributed by atoms with E-state index in [0.717, 1.165) is 12.1 Å². The van der Waals surface area contributed by atoms with Crippen molar-refractivity contribution < 1.29 is 5.21 Å². The molecule has 0 saturated carbocycles. The highest BCUT2D eigenvalue weighted by atomic mass is 16.4. The van der Waals surface area contributed by atoms with Gasteiger partial charge in [0.25, 0.3) is 0 Å². The van der Waals surface area contributed by atoms with E-state index in [1.165, 1.54) is 30.4 Å². The number of amidine groups is 1. The van der Waals surface area contributed by atoms with Gasteiger partial charge in [-0.3, -0.25) is 4.90 Å². The lowest BCUT2D eigenvalue weighted by atomic mass is 9.95. The standard InChI is InChI=1S/C16H25N3O/c1-11-9-14(16(17)18-20)7-8-15(11)10-19-12(2)5-4-6-13(19)3/h7-9,12-13,20H,4-6,10H2,1-3H3,(H2,17,18)/t12-,13+. The van der Waals surface area contributed by atoms with Crippen molar-refractivity contribution >= 4 is 5.84 Å². The molecule has 0 radical (unpaired) electrons. The number of nitrogens with zero attached hydrogens (tertiary/aromatic N) is 2. The number of rotatable bonds is 3. The monoisotopic (exact) mass is 275 g/mol. The first kappa shape index (κ1) is 14.9. The van der Waals surface area contributed by atoms with Gasteiger partial charge in [-0.25, -0.2) is 0 Å². The second-order valence-electron chi connectivity index (χ2n) is 5.93. The lowest BCUT2D eigenvalue weighted by Crippen LogP contribution is -2.43. The van der Waals surface area contributed by atoms with Crippen molar-refractivity contribution in [2.45, 2.75) is 58.7 Å². The third kappa shape index (κ3) is 3.12. The smallest absolute Gasteiger partial charge is 0.170 e. The predicted octanol–water partition coefficient (Wildman–Crippen LogP) is 2.85. The summed E-state index contributed by atoms with van der Waals surface area (Å²) in [7, 11) is 0. The summed E-state index contributed by atoms with van der Waals surface area (Å²) in [6, 6.07) is 7.29. The third-order valence-corrected chi connectivity index (χ3v) is 4.48. The largest absolute Gasteiger partial charge is 0.409 e. The molecule has 2 rings (SSSR count). The molecule has 1 aromatic rings. The molecule has 1 aliphatic heterocycles. The van der Waals surface area contributed by atoms with Gasteiger partial charge in [0.1, 0.15) is 0 Å². The first-order chi connectivity index (χ1) is 9.52. The molecule has 1 heterocycles. The summed E-state index contributed by atoms with van der Waals surface area (Å²) in [6.07, 6.45) is 3.90. The molecule has 2 atom stereocenters. The van der Waals surface area contributed by atoms with E-state index in [2.05, 4.69) is 36.9 Å². The Morgan fingerprint density at radius 1 is 1.35 bits per heavy atom. The lowest BCUT2D eigenvalue weighted by molar-refractivity contribution is 0.0951. The van der Waals surface area contributed by atoms with Crippen LogP contribution in [0.5, 0.6) is 0 Å². The van der Waals surface area contributed by atoms with Crippen molar-refractivity contribution in [1.82, 2.24) is 4.90 Å². The third-order valence-electron chi connectivity index (χ3n) is 4.48. The topological polar surface area (TPSA) is 61.9 Å². The maximum absolute atomic E-state index is 8.73. The maximum Gasteiger partial charge on any atom is 0.170 e. The molecule has 1 aliphatic rings. The maximum atomic E-state index is 8.73. The van der Waals surface area contributed by atoms with E-state index in [1.54, 1.807) is 0 Å². The SMILES string of the molecule is Cc1cc(/C(N)=N/O)ccc1CN1[C@H](C)CCC[C@@H]1C. The minimum absolute atomic E-state index is 0.166. The molecule has 1 aromatic carbocycles. The molecule has 0 spiro atoms. The molecular formula is C16H25N3O. The highest BCUT2D eigenvalue weighted by molar-refractivity contribution is 5.97. The Morgan fingerprint density at radius 2 is 2.00 bits per heavy atom. The molecule has 4 nitrogen and oxygen atoms in total. The van der Waals surface area contributed by atoms with Gasteiger partial charge in [-0.2, -0.15) is 0 Å². The Labute approximate surface area is 121 Å². The Morgan fingerprint density at radius 3 is 2.55 bits per heavy atom. The minimum Gasteiger partial charge on any atom is -0.409 e. The summed E-state index contributed by atoms with van der Waals surface area (Å²) in [5, 5.41) is 11.8. The van der Waals surface area contributed by atoms with Gasteiger partial charge in [-0.15, -0.1) is 0 Å². The van der Waals surface area contributed by atoms with E-state index in [0.29, 0.717) is 12.1 Å². The van der Waals surface area contributed by atoms with Crippen molar-refractivity contribution in [2.75, 3.05) is 0 Å². The van der Waals surface area contributed by atoms with Gasteiger partial charge in [-0.05, 0) is 50.8 Å². The van der Waals surface area contributed by atoms with Gasteiger partial charge in [0.15, 0.2) is 5.84 Å². The summed E-state index contributed by atoms with van der Waals surface area (Å²) in [6.45, 7) is 7.69. The van der Waals surface area contributed by atoms with Crippen LogP contribution in [0.3, 0.4) is 0 Å². The number of likely N-dealkylation sites (tertiary alicyclic amines) is 1. The van der Waals surface area contributed by atoms with E-state index in [1.807, 2.05) is 12.1 Å². The Hall–Kier alpha value is -1.55. The van der Waals surface area contributed by atoms with Crippen LogP contribution >= 0.6 is 0 Å². The highest BCUT2D eigenvalue weighted by Crippen LogP contribution is 2.25. The average Bonchev–Trinajstić information content (AvgIpc) is 2.43. The number of hydrogen-bond donors (Lipinski definition) is 2. The van der Waals surface area contributed by atoms with Crippen molar-refractivity contribution in [2.24, 2.45) is 10.9 Å². The van der Waals surface area contributed by atoms with Crippen LogP contribution in [0.2, 0.25) is 0 Å². The van der Waals surface area contributed by atoms with Crippen LogP contribution in [0.15, 0.2) is 23.4 Å². The first-order valence-electron chi connectivity index (χ1n) is 7.36. The Bertz CT molecular complexity index is 488. The van der Waals surface area contributed by atoms with E-state index in [9.17, 15) is 0 Å². The zero-order valence-electron chi connectivity index (χ0n) is 12.6. The van der Waals surface area contributed by atoms with Crippen molar-refractivity contribution in [3.8, 4) is 0 Å². The molecule has 1 saturated heterocycles. The van der Waals surface area contributed by atoms with Crippen LogP contribution in [0.25, 0.3) is 0 Å². The fourth-order valence-electron chi connectivity index (χ4n) is 3.07. The predicted molar refractivity (Wildman–Crippen MR) is 82.0 cm³/mol. The molecular weight excluding hydrogens is 250 g/mol. The van der Waals surface area contributed by atoms with Crippen molar-refractivity contribution in [3.05, 3.63) is 34.9 Å². The summed E-state index contributed by atoms with van der Waals surface area (Å²) in [4.78, 5) is 2.58. The number of nitrogens with two attached hydrogens (primary N) is 1. The Kier molecular flexibility index (Phi) is 4.65. The lowest BCUT2D eigenvalue weighted by Gasteiger charge is -2.39. The molecule has 3 N–H and O–H groups in total. The molecule has 1 fully saturated rings. The van der Waals surface area contributed by atoms with Gasteiger partial charge >= 0.3 is 0 Å². The number of oxime groups is 1. The Balaban J connectivity index is 2.17. The van der Waals surface area contributed by atoms with E-state index in [-0.39, 0.29) is 5.84 Å². The normalized spacial score (nSPS) is 24.9. The zero-order chi connectivity index (χ0) is 14.7. The van der Waals surface area contributed by atoms with E-state index in [4.69, 9.17) is 10.9 Å². The van der Waals surface area contributed by atoms with Crippen molar-refractivity contribution in [3.63, 3.8) is 0 Å². The minimum atomic E-state index is 0.166. The number of benzene rings is 1. The molecule has 20 heavy (non-hydrogen) atoms. The molecule has 0 bridgehead atoms. The summed E-state index contributed by atoms with van der Waals surface area (Å²) in [5.41, 5.74) is 8.92. The molecule has 110 valence electrons. The van der Waals surface area contributed by atoms with Crippen LogP contribution in [0.4, 0.5) is 0 Å². The van der Waals surface area contributed by atoms with Crippen LogP contribution < -0.4 is 5.73 Å².